The lowest BCUT2D eigenvalue weighted by atomic mass is 9.78. The summed E-state index contributed by atoms with van der Waals surface area (Å²) in [6.07, 6.45) is 6.40. The number of nitrogens with zero attached hydrogens (tertiary/aromatic N) is 8. The summed E-state index contributed by atoms with van der Waals surface area (Å²) in [5.41, 5.74) is 19.9. The van der Waals surface area contributed by atoms with Crippen molar-refractivity contribution in [2.45, 2.75) is 72.3 Å². The Kier molecular flexibility index (Phi) is 16.4. The third-order valence-corrected chi connectivity index (χ3v) is 12.7. The zero-order chi connectivity index (χ0) is 50.2. The minimum Gasteiger partial charge on any atom is -0.399 e. The van der Waals surface area contributed by atoms with E-state index >= 15 is 0 Å². The molecule has 4 aromatic carbocycles. The molecule has 1 saturated heterocycles. The van der Waals surface area contributed by atoms with Gasteiger partial charge in [-0.05, 0) is 110 Å². The van der Waals surface area contributed by atoms with Crippen LogP contribution in [0.3, 0.4) is 0 Å². The fourth-order valence-electron chi connectivity index (χ4n) is 7.53. The molecule has 16 heteroatoms. The number of hydrogen-bond donors (Lipinski definition) is 4. The molecule has 4 aromatic heterocycles. The second kappa shape index (κ2) is 22.4. The summed E-state index contributed by atoms with van der Waals surface area (Å²) in [5.74, 6) is 0.472. The van der Waals surface area contributed by atoms with Gasteiger partial charge in [-0.15, -0.1) is 0 Å². The highest BCUT2D eigenvalue weighted by Gasteiger charge is 2.51. The molecule has 8 aromatic rings. The van der Waals surface area contributed by atoms with Crippen LogP contribution in [-0.2, 0) is 9.31 Å². The van der Waals surface area contributed by atoms with Crippen molar-refractivity contribution in [3.8, 4) is 35.4 Å². The molecule has 71 heavy (non-hydrogen) atoms. The summed E-state index contributed by atoms with van der Waals surface area (Å²) in [5, 5.41) is 45.8. The van der Waals surface area contributed by atoms with Crippen LogP contribution < -0.4 is 27.6 Å². The quantitative estimate of drug-likeness (QED) is 0.104. The highest BCUT2D eigenvalue weighted by Crippen LogP contribution is 2.38. The zero-order valence-electron chi connectivity index (χ0n) is 39.4. The van der Waals surface area contributed by atoms with Gasteiger partial charge in [0.25, 0.3) is 0 Å². The Bertz CT molecular complexity index is 3370. The first-order valence-electron chi connectivity index (χ1n) is 22.2. The molecule has 6 N–H and O–H groups in total. The Labute approximate surface area is 423 Å². The highest BCUT2D eigenvalue weighted by atomic mass is 79.9. The first-order chi connectivity index (χ1) is 33.6. The molecule has 0 radical (unpaired) electrons. The van der Waals surface area contributed by atoms with E-state index in [-0.39, 0.29) is 31.1 Å². The zero-order valence-corrected chi connectivity index (χ0v) is 40.9. The summed E-state index contributed by atoms with van der Waals surface area (Å²) >= 11 is 3.17. The van der Waals surface area contributed by atoms with Crippen molar-refractivity contribution in [3.63, 3.8) is 0 Å². The Morgan fingerprint density at radius 3 is 1.48 bits per heavy atom. The average molecular weight is 1000 g/mol. The van der Waals surface area contributed by atoms with Gasteiger partial charge in [-0.2, -0.15) is 21.0 Å². The number of pyridine rings is 4. The number of nitrogens with one attached hydrogen (secondary N) is 2. The second-order valence-electron chi connectivity index (χ2n) is 17.4. The Morgan fingerprint density at radius 1 is 0.549 bits per heavy atom. The largest absolute Gasteiger partial charge is 0.494 e. The monoisotopic (exact) mass is 1000 g/mol. The van der Waals surface area contributed by atoms with Crippen molar-refractivity contribution in [1.82, 2.24) is 19.9 Å². The molecule has 9 rings (SSSR count). The van der Waals surface area contributed by atoms with Crippen LogP contribution in [0.15, 0.2) is 138 Å². The van der Waals surface area contributed by atoms with Crippen molar-refractivity contribution in [1.29, 1.82) is 21.0 Å². The van der Waals surface area contributed by atoms with Gasteiger partial charge in [0.1, 0.15) is 35.9 Å². The number of nitrogen functional groups attached to an aromatic ring is 2. The second-order valence-corrected chi connectivity index (χ2v) is 18.3. The number of hydrogen-bond acceptors (Lipinski definition) is 14. The van der Waals surface area contributed by atoms with Gasteiger partial charge in [-0.3, -0.25) is 9.97 Å². The fraction of sp³-hybridized carbons (Fsp3) is 0.200. The summed E-state index contributed by atoms with van der Waals surface area (Å²) in [7, 11) is -0.468. The van der Waals surface area contributed by atoms with E-state index in [4.69, 9.17) is 26.0 Å². The molecule has 2 unspecified atom stereocenters. The fourth-order valence-corrected chi connectivity index (χ4v) is 7.87. The van der Waals surface area contributed by atoms with E-state index in [1.165, 1.54) is 0 Å². The van der Waals surface area contributed by atoms with Crippen molar-refractivity contribution < 1.29 is 9.31 Å². The van der Waals surface area contributed by atoms with E-state index in [0.717, 1.165) is 65.4 Å². The first-order valence-corrected chi connectivity index (χ1v) is 23.0. The summed E-state index contributed by atoms with van der Waals surface area (Å²) in [4.78, 5) is 16.8. The Hall–Kier alpha value is -8.38. The molecule has 0 amide bonds. The van der Waals surface area contributed by atoms with Gasteiger partial charge in [0.15, 0.2) is 0 Å². The van der Waals surface area contributed by atoms with Crippen LogP contribution in [0.5, 0.6) is 0 Å². The highest BCUT2D eigenvalue weighted by molar-refractivity contribution is 9.10. The molecule has 0 spiro atoms. The molecule has 1 aliphatic heterocycles. The number of anilines is 4. The molecule has 1 fully saturated rings. The lowest BCUT2D eigenvalue weighted by Gasteiger charge is -2.32. The molecule has 5 heterocycles. The van der Waals surface area contributed by atoms with Crippen LogP contribution in [0, 0.1) is 45.3 Å². The lowest BCUT2D eigenvalue weighted by molar-refractivity contribution is 0.00578. The van der Waals surface area contributed by atoms with Gasteiger partial charge in [0.05, 0.1) is 55.9 Å². The minimum atomic E-state index is -0.468. The molecular weight excluding hydrogens is 951 g/mol. The van der Waals surface area contributed by atoms with Crippen molar-refractivity contribution in [3.05, 3.63) is 172 Å². The van der Waals surface area contributed by atoms with E-state index < -0.39 is 18.3 Å². The average Bonchev–Trinajstić information content (AvgIpc) is 3.60. The Morgan fingerprint density at radius 2 is 1.00 bits per heavy atom. The minimum absolute atomic E-state index is 0. The molecule has 0 saturated carbocycles. The van der Waals surface area contributed by atoms with E-state index in [1.807, 2.05) is 119 Å². The van der Waals surface area contributed by atoms with Crippen LogP contribution in [0.4, 0.5) is 23.0 Å². The predicted octanol–water partition coefficient (Wildman–Crippen LogP) is 11.3. The standard InChI is InChI=1S/C24H26BN3O2.C24H18N6.C6H4BrN3.CH4/c1-16(17-9-7-6-8-10-17)28-22-18(14-26)15-27-21-12-11-19(13-20(21)22)25-29-23(2,3)24(4,5)30-25;1-15(16-5-3-2-4-6-16)30-23-20(12-26)14-28-22-8-7-17(10-21(22)23)19-9-18(11-25)24(27)29-13-19;7-5-1-4(2-8)6(9)10-3-5;/h6-13,15-16H,1-5H3,(H,27,28);2-10,13-15H,1H3,(H2,27,29)(H,28,30);1,3H,(H2,9,10);1H4. The summed E-state index contributed by atoms with van der Waals surface area (Å²) < 4.78 is 13.2. The van der Waals surface area contributed by atoms with Crippen LogP contribution in [0.1, 0.15) is 94.4 Å². The van der Waals surface area contributed by atoms with E-state index in [1.54, 1.807) is 36.9 Å². The molecule has 1 aliphatic rings. The van der Waals surface area contributed by atoms with Gasteiger partial charge < -0.3 is 31.4 Å². The number of halogens is 1. The molecule has 2 atom stereocenters. The number of fused-ring (bicyclic) bond motifs is 2. The van der Waals surface area contributed by atoms with Crippen LogP contribution >= 0.6 is 15.9 Å². The molecular formula is C55H52BBrN12O2. The number of aromatic nitrogens is 4. The van der Waals surface area contributed by atoms with Gasteiger partial charge in [-0.1, -0.05) is 86.3 Å². The number of rotatable bonds is 8. The van der Waals surface area contributed by atoms with E-state index in [0.29, 0.717) is 22.3 Å². The van der Waals surface area contributed by atoms with Crippen molar-refractivity contribution in [2.75, 3.05) is 22.1 Å². The predicted molar refractivity (Wildman–Crippen MR) is 286 cm³/mol. The van der Waals surface area contributed by atoms with Gasteiger partial charge in [0, 0.05) is 57.7 Å². The number of nitrogens with two attached hydrogens (primary N) is 2. The van der Waals surface area contributed by atoms with Crippen LogP contribution in [-0.4, -0.2) is 38.3 Å². The Balaban J connectivity index is 0.000000193. The molecule has 0 aliphatic carbocycles. The maximum atomic E-state index is 9.70. The SMILES string of the molecule is C.CC(Nc1c(C#N)cnc2ccc(-c3cnc(N)c(C#N)c3)cc12)c1ccccc1.CC(Nc1c(C#N)cnc2ccc(B3OC(C)(C)C(C)(C)O3)cc12)c1ccccc1.N#Cc1cc(Br)cnc1N. The van der Waals surface area contributed by atoms with Gasteiger partial charge in [0.2, 0.25) is 0 Å². The molecule has 14 nitrogen and oxygen atoms in total. The van der Waals surface area contributed by atoms with Crippen molar-refractivity contribution >= 4 is 73.3 Å². The molecule has 354 valence electrons. The lowest BCUT2D eigenvalue weighted by Crippen LogP contribution is -2.41. The third kappa shape index (κ3) is 11.7. The molecule has 0 bridgehead atoms. The normalized spacial score (nSPS) is 13.8. The number of benzene rings is 4. The van der Waals surface area contributed by atoms with Gasteiger partial charge >= 0.3 is 7.12 Å². The number of nitriles is 4. The van der Waals surface area contributed by atoms with Crippen LogP contribution in [0.2, 0.25) is 0 Å². The maximum absolute atomic E-state index is 9.70. The first kappa shape index (κ1) is 52.0. The maximum Gasteiger partial charge on any atom is 0.494 e. The van der Waals surface area contributed by atoms with E-state index in [9.17, 15) is 15.8 Å². The van der Waals surface area contributed by atoms with Crippen molar-refractivity contribution in [2.24, 2.45) is 0 Å². The summed E-state index contributed by atoms with van der Waals surface area (Å²) in [6.45, 7) is 12.3. The van der Waals surface area contributed by atoms with E-state index in [2.05, 4.69) is 90.7 Å². The topological polar surface area (TPSA) is 241 Å². The summed E-state index contributed by atoms with van der Waals surface area (Å²) in [6, 6.07) is 43.8. The van der Waals surface area contributed by atoms with Crippen LogP contribution in [0.25, 0.3) is 32.9 Å². The smallest absolute Gasteiger partial charge is 0.399 e. The van der Waals surface area contributed by atoms with Gasteiger partial charge in [-0.25, -0.2) is 9.97 Å². The third-order valence-electron chi connectivity index (χ3n) is 12.2.